The number of halogens is 8. The lowest BCUT2D eigenvalue weighted by Gasteiger charge is -2.51. The Hall–Kier alpha value is -4.53. The van der Waals surface area contributed by atoms with Gasteiger partial charge in [-0.25, -0.2) is 8.78 Å². The van der Waals surface area contributed by atoms with Crippen LogP contribution in [0.5, 0.6) is 0 Å². The van der Waals surface area contributed by atoms with E-state index >= 15 is 0 Å². The predicted molar refractivity (Wildman–Crippen MR) is 148 cm³/mol. The van der Waals surface area contributed by atoms with Gasteiger partial charge in [0.2, 0.25) is 0 Å². The molecule has 7 nitrogen and oxygen atoms in total. The van der Waals surface area contributed by atoms with E-state index in [-0.39, 0.29) is 23.1 Å². The molecular formula is C31H26F8N4O3. The summed E-state index contributed by atoms with van der Waals surface area (Å²) in [7, 11) is 0. The van der Waals surface area contributed by atoms with E-state index in [0.717, 1.165) is 29.4 Å². The fourth-order valence-corrected chi connectivity index (χ4v) is 5.99. The molecule has 2 N–H and O–H groups in total. The fourth-order valence-electron chi connectivity index (χ4n) is 5.99. The first-order valence-corrected chi connectivity index (χ1v) is 13.8. The van der Waals surface area contributed by atoms with E-state index in [0.29, 0.717) is 24.6 Å². The van der Waals surface area contributed by atoms with Gasteiger partial charge in [-0.3, -0.25) is 19.6 Å². The molecule has 1 aromatic heterocycles. The van der Waals surface area contributed by atoms with Gasteiger partial charge in [0.15, 0.2) is 11.6 Å². The average Bonchev–Trinajstić information content (AvgIpc) is 3.22. The van der Waals surface area contributed by atoms with Crippen molar-refractivity contribution in [2.24, 2.45) is 0 Å². The van der Waals surface area contributed by atoms with Crippen molar-refractivity contribution >= 4 is 17.5 Å². The number of hydrazine groups is 1. The van der Waals surface area contributed by atoms with Crippen molar-refractivity contribution in [1.82, 2.24) is 15.0 Å². The van der Waals surface area contributed by atoms with Crippen molar-refractivity contribution in [2.75, 3.05) is 5.32 Å². The summed E-state index contributed by atoms with van der Waals surface area (Å²) in [5.41, 5.74) is -6.63. The van der Waals surface area contributed by atoms with Crippen LogP contribution < -0.4 is 5.32 Å². The molecule has 0 saturated carbocycles. The molecule has 0 bridgehead atoms. The molecule has 0 unspecified atom stereocenters. The van der Waals surface area contributed by atoms with Crippen LogP contribution in [0.15, 0.2) is 66.1 Å². The number of hydrogen-bond donors (Lipinski definition) is 2. The van der Waals surface area contributed by atoms with Crippen LogP contribution in [0.2, 0.25) is 0 Å². The number of nitrogens with zero attached hydrogens (tertiary/aromatic N) is 3. The van der Waals surface area contributed by atoms with Crippen molar-refractivity contribution in [2.45, 2.75) is 63.6 Å². The number of nitrogens with one attached hydrogen (secondary N) is 1. The number of pyridine rings is 1. The quantitative estimate of drug-likeness (QED) is 0.221. The number of alkyl halides is 6. The number of hydrogen-bond acceptors (Lipinski definition) is 5. The summed E-state index contributed by atoms with van der Waals surface area (Å²) in [5, 5.41) is 16.1. The Labute approximate surface area is 257 Å². The molecule has 0 radical (unpaired) electrons. The molecule has 1 fully saturated rings. The zero-order chi connectivity index (χ0) is 34.0. The largest absolute Gasteiger partial charge is 0.509 e. The smallest absolute Gasteiger partial charge is 0.433 e. The molecule has 1 saturated heterocycles. The second kappa shape index (κ2) is 11.1. The van der Waals surface area contributed by atoms with Gasteiger partial charge in [0.25, 0.3) is 11.8 Å². The van der Waals surface area contributed by atoms with Crippen molar-refractivity contribution in [3.05, 3.63) is 94.5 Å². The molecule has 2 aliphatic rings. The molecule has 3 aromatic rings. The van der Waals surface area contributed by atoms with Crippen LogP contribution in [0, 0.1) is 11.6 Å². The zero-order valence-electron chi connectivity index (χ0n) is 24.4. The highest BCUT2D eigenvalue weighted by Gasteiger charge is 2.59. The Morgan fingerprint density at radius 3 is 2.28 bits per heavy atom. The topological polar surface area (TPSA) is 85.8 Å². The summed E-state index contributed by atoms with van der Waals surface area (Å²) in [6.45, 7) is 4.45. The van der Waals surface area contributed by atoms with Crippen LogP contribution in [0.25, 0.3) is 11.1 Å². The Kier molecular flexibility index (Phi) is 7.91. The molecule has 2 aliphatic heterocycles. The van der Waals surface area contributed by atoms with Gasteiger partial charge in [-0.15, -0.1) is 0 Å². The third-order valence-electron chi connectivity index (χ3n) is 8.24. The monoisotopic (exact) mass is 654 g/mol. The SMILES string of the molecule is CC1(C)CC[C@]2(C)C(O)=C(C(=O)Nc3cc(C(F)(F)F)ccc3-c3ccc(C(F)(F)F)nc3)C(=O)N(Cc3cccc(F)c3F)N12. The van der Waals surface area contributed by atoms with Crippen molar-refractivity contribution < 1.29 is 49.8 Å². The van der Waals surface area contributed by atoms with E-state index in [1.54, 1.807) is 13.8 Å². The summed E-state index contributed by atoms with van der Waals surface area (Å²) in [5.74, 6) is -5.59. The molecular weight excluding hydrogens is 628 g/mol. The number of aliphatic hydroxyl groups is 1. The maximum absolute atomic E-state index is 14.7. The zero-order valence-corrected chi connectivity index (χ0v) is 24.4. The van der Waals surface area contributed by atoms with E-state index in [1.807, 2.05) is 0 Å². The van der Waals surface area contributed by atoms with Crippen LogP contribution in [0.3, 0.4) is 0 Å². The fraction of sp³-hybridized carbons (Fsp3) is 0.323. The van der Waals surface area contributed by atoms with Crippen molar-refractivity contribution in [3.8, 4) is 11.1 Å². The van der Waals surface area contributed by atoms with Crippen LogP contribution in [0.1, 0.15) is 50.4 Å². The van der Waals surface area contributed by atoms with Gasteiger partial charge in [0, 0.05) is 34.1 Å². The van der Waals surface area contributed by atoms with E-state index in [4.69, 9.17) is 0 Å². The van der Waals surface area contributed by atoms with E-state index < -0.39 is 81.7 Å². The highest BCUT2D eigenvalue weighted by molar-refractivity contribution is 6.24. The first-order valence-electron chi connectivity index (χ1n) is 13.8. The number of benzene rings is 2. The Bertz CT molecular complexity index is 1750. The molecule has 2 amide bonds. The van der Waals surface area contributed by atoms with Gasteiger partial charge in [0.05, 0.1) is 17.6 Å². The number of aliphatic hydroxyl groups excluding tert-OH is 1. The maximum Gasteiger partial charge on any atom is 0.433 e. The lowest BCUT2D eigenvalue weighted by atomic mass is 9.90. The van der Waals surface area contributed by atoms with Gasteiger partial charge in [-0.2, -0.15) is 31.4 Å². The van der Waals surface area contributed by atoms with Gasteiger partial charge >= 0.3 is 12.4 Å². The van der Waals surface area contributed by atoms with Crippen LogP contribution in [-0.2, 0) is 28.5 Å². The third-order valence-corrected chi connectivity index (χ3v) is 8.24. The number of anilines is 1. The number of rotatable bonds is 5. The molecule has 3 heterocycles. The molecule has 244 valence electrons. The molecule has 46 heavy (non-hydrogen) atoms. The highest BCUT2D eigenvalue weighted by atomic mass is 19.4. The number of carbonyl (C=O) groups is 2. The second-order valence-corrected chi connectivity index (χ2v) is 11.8. The van der Waals surface area contributed by atoms with Gasteiger partial charge in [0.1, 0.15) is 17.0 Å². The van der Waals surface area contributed by atoms with E-state index in [2.05, 4.69) is 10.3 Å². The molecule has 5 rings (SSSR count). The standard InChI is InChI=1S/C31H26F8N4O3/c1-28(2)11-12-29(3)25(44)23(27(46)42(43(28)29)15-17-5-4-6-20(32)24(17)33)26(45)41-21-13-18(30(34,35)36)8-9-19(21)16-7-10-22(40-14-16)31(37,38)39/h4-10,13-14,44H,11-12,15H2,1-3H3,(H,41,45)/t29-/m1/s1. The Balaban J connectivity index is 1.59. The number of amides is 2. The van der Waals surface area contributed by atoms with Gasteiger partial charge < -0.3 is 10.4 Å². The van der Waals surface area contributed by atoms with Crippen LogP contribution in [-0.4, -0.2) is 43.0 Å². The minimum absolute atomic E-state index is 0.0934. The van der Waals surface area contributed by atoms with Crippen LogP contribution in [0.4, 0.5) is 40.8 Å². The predicted octanol–water partition coefficient (Wildman–Crippen LogP) is 7.41. The first kappa shape index (κ1) is 32.9. The normalized spacial score (nSPS) is 20.2. The Morgan fingerprint density at radius 2 is 1.67 bits per heavy atom. The molecule has 1 atom stereocenters. The Morgan fingerprint density at radius 1 is 0.978 bits per heavy atom. The lowest BCUT2D eigenvalue weighted by molar-refractivity contribution is -0.177. The maximum atomic E-state index is 14.7. The summed E-state index contributed by atoms with van der Waals surface area (Å²) >= 11 is 0. The van der Waals surface area contributed by atoms with Crippen LogP contribution >= 0.6 is 0 Å². The summed E-state index contributed by atoms with van der Waals surface area (Å²) in [4.78, 5) is 31.0. The minimum Gasteiger partial charge on any atom is -0.509 e. The highest BCUT2D eigenvalue weighted by Crippen LogP contribution is 2.49. The van der Waals surface area contributed by atoms with Gasteiger partial charge in [-0.1, -0.05) is 24.3 Å². The summed E-state index contributed by atoms with van der Waals surface area (Å²) < 4.78 is 109. The van der Waals surface area contributed by atoms with Crippen molar-refractivity contribution in [3.63, 3.8) is 0 Å². The number of aromatic nitrogens is 1. The lowest BCUT2D eigenvalue weighted by Crippen LogP contribution is -2.65. The molecule has 0 aliphatic carbocycles. The molecule has 0 spiro atoms. The van der Waals surface area contributed by atoms with E-state index in [9.17, 15) is 49.8 Å². The molecule has 2 aromatic carbocycles. The minimum atomic E-state index is -4.90. The van der Waals surface area contributed by atoms with E-state index in [1.165, 1.54) is 24.1 Å². The first-order chi connectivity index (χ1) is 21.3. The number of carbonyl (C=O) groups excluding carboxylic acids is 2. The number of fused-ring (bicyclic) bond motifs is 1. The summed E-state index contributed by atoms with van der Waals surface area (Å²) in [6, 6.07) is 7.00. The van der Waals surface area contributed by atoms with Crippen molar-refractivity contribution in [1.29, 1.82) is 0 Å². The second-order valence-electron chi connectivity index (χ2n) is 11.8. The third kappa shape index (κ3) is 5.67. The average molecular weight is 655 g/mol. The van der Waals surface area contributed by atoms with Gasteiger partial charge in [-0.05, 0) is 57.9 Å². The summed E-state index contributed by atoms with van der Waals surface area (Å²) in [6.07, 6.45) is -8.34. The molecule has 15 heteroatoms.